The predicted octanol–water partition coefficient (Wildman–Crippen LogP) is 6.22. The Labute approximate surface area is 200 Å². The number of fused-ring (bicyclic) bond motifs is 3. The number of nitrogens with zero attached hydrogens (tertiary/aromatic N) is 1. The molecule has 1 saturated heterocycles. The van der Waals surface area contributed by atoms with Gasteiger partial charge >= 0.3 is 0 Å². The highest BCUT2D eigenvalue weighted by molar-refractivity contribution is 5.49. The van der Waals surface area contributed by atoms with E-state index in [4.69, 9.17) is 19.9 Å². The molecule has 6 atom stereocenters. The molecule has 1 aliphatic heterocycles. The zero-order valence-corrected chi connectivity index (χ0v) is 21.1. The van der Waals surface area contributed by atoms with Gasteiger partial charge in [0, 0.05) is 23.6 Å². The van der Waals surface area contributed by atoms with Crippen molar-refractivity contribution in [3.63, 3.8) is 0 Å². The molecule has 0 spiro atoms. The first-order valence-electron chi connectivity index (χ1n) is 13.3. The first kappa shape index (κ1) is 23.4. The van der Waals surface area contributed by atoms with Crippen molar-refractivity contribution in [1.82, 2.24) is 4.98 Å². The van der Waals surface area contributed by atoms with Gasteiger partial charge in [-0.25, -0.2) is 0 Å². The molecule has 0 radical (unpaired) electrons. The van der Waals surface area contributed by atoms with Crippen LogP contribution in [0, 0.1) is 34.0 Å². The smallest absolute Gasteiger partial charge is 0.160 e. The van der Waals surface area contributed by atoms with E-state index >= 15 is 0 Å². The van der Waals surface area contributed by atoms with Gasteiger partial charge in [-0.2, -0.15) is 0 Å². The Bertz CT molecular complexity index is 838. The summed E-state index contributed by atoms with van der Waals surface area (Å²) in [5, 5.41) is 0. The molecule has 0 amide bonds. The van der Waals surface area contributed by atoms with Gasteiger partial charge < -0.3 is 19.9 Å². The molecule has 3 aliphatic carbocycles. The summed E-state index contributed by atoms with van der Waals surface area (Å²) in [7, 11) is 0. The number of pyridine rings is 1. The van der Waals surface area contributed by atoms with Crippen molar-refractivity contribution in [2.24, 2.45) is 34.0 Å². The summed E-state index contributed by atoms with van der Waals surface area (Å²) in [6.07, 6.45) is 15.0. The van der Waals surface area contributed by atoms with Gasteiger partial charge in [-0.05, 0) is 67.6 Å². The molecular weight excluding hydrogens is 412 g/mol. The van der Waals surface area contributed by atoms with Crippen molar-refractivity contribution in [3.05, 3.63) is 18.5 Å². The number of anilines is 1. The first-order valence-corrected chi connectivity index (χ1v) is 13.3. The first-order chi connectivity index (χ1) is 15.7. The average molecular weight is 457 g/mol. The molecule has 5 rings (SSSR count). The zero-order valence-electron chi connectivity index (χ0n) is 21.1. The van der Waals surface area contributed by atoms with Crippen LogP contribution in [0.1, 0.15) is 85.5 Å². The van der Waals surface area contributed by atoms with E-state index in [2.05, 4.69) is 32.7 Å². The molecule has 33 heavy (non-hydrogen) atoms. The molecule has 0 bridgehead atoms. The Kier molecular flexibility index (Phi) is 6.18. The van der Waals surface area contributed by atoms with Gasteiger partial charge in [-0.3, -0.25) is 4.98 Å². The maximum Gasteiger partial charge on any atom is 0.160 e. The number of hydrogen-bond donors (Lipinski definition) is 1. The lowest BCUT2D eigenvalue weighted by Gasteiger charge is -2.65. The molecular formula is C28H44N2O3. The Hall–Kier alpha value is -1.33. The molecule has 3 saturated carbocycles. The fraction of sp³-hybridized carbons (Fsp3) is 0.821. The van der Waals surface area contributed by atoms with Crippen LogP contribution in [0.3, 0.4) is 0 Å². The highest BCUT2D eigenvalue weighted by atomic mass is 16.7. The highest BCUT2D eigenvalue weighted by Crippen LogP contribution is 2.66. The maximum absolute atomic E-state index is 6.74. The monoisotopic (exact) mass is 456 g/mol. The summed E-state index contributed by atoms with van der Waals surface area (Å²) >= 11 is 0. The molecule has 1 aromatic rings. The summed E-state index contributed by atoms with van der Waals surface area (Å²) in [4.78, 5) is 4.08. The van der Waals surface area contributed by atoms with Gasteiger partial charge in [0.2, 0.25) is 0 Å². The van der Waals surface area contributed by atoms with E-state index in [-0.39, 0.29) is 17.1 Å². The van der Waals surface area contributed by atoms with Crippen molar-refractivity contribution in [1.29, 1.82) is 0 Å². The summed E-state index contributed by atoms with van der Waals surface area (Å²) in [5.41, 5.74) is 7.34. The Morgan fingerprint density at radius 3 is 2.61 bits per heavy atom. The van der Waals surface area contributed by atoms with Gasteiger partial charge in [0.1, 0.15) is 5.75 Å². The van der Waals surface area contributed by atoms with E-state index in [1.54, 1.807) is 12.4 Å². The van der Waals surface area contributed by atoms with Gasteiger partial charge in [0.25, 0.3) is 0 Å². The normalized spacial score (nSPS) is 40.7. The molecule has 5 heteroatoms. The van der Waals surface area contributed by atoms with Crippen molar-refractivity contribution in [2.45, 2.75) is 97.9 Å². The number of rotatable bonds is 5. The van der Waals surface area contributed by atoms with Crippen LogP contribution in [0.4, 0.5) is 5.69 Å². The minimum absolute atomic E-state index is 0.0324. The zero-order chi connectivity index (χ0) is 23.3. The molecule has 5 nitrogen and oxygen atoms in total. The SMILES string of the molecule is CC1(C)CCC2[C@]3(C)CO[C@@H](C4CCCC4)O[C@@H]3CC[C@@]2(C)[C@@H]1CCOc1ccncc1N. The third-order valence-electron chi connectivity index (χ3n) is 10.2. The van der Waals surface area contributed by atoms with Crippen molar-refractivity contribution in [3.8, 4) is 5.75 Å². The van der Waals surface area contributed by atoms with Crippen LogP contribution in [-0.2, 0) is 9.47 Å². The molecule has 0 aromatic carbocycles. The molecule has 1 aromatic heterocycles. The fourth-order valence-electron chi connectivity index (χ4n) is 8.47. The third kappa shape index (κ3) is 4.07. The minimum atomic E-state index is 0.0324. The number of nitrogen functional groups attached to an aromatic ring is 1. The number of ether oxygens (including phenoxy) is 3. The van der Waals surface area contributed by atoms with Crippen LogP contribution < -0.4 is 10.5 Å². The van der Waals surface area contributed by atoms with E-state index in [1.165, 1.54) is 44.9 Å². The van der Waals surface area contributed by atoms with Gasteiger partial charge in [-0.15, -0.1) is 0 Å². The summed E-state index contributed by atoms with van der Waals surface area (Å²) in [6.45, 7) is 11.5. The van der Waals surface area contributed by atoms with Gasteiger partial charge in [0.05, 0.1) is 31.2 Å². The minimum Gasteiger partial charge on any atom is -0.491 e. The van der Waals surface area contributed by atoms with Crippen LogP contribution >= 0.6 is 0 Å². The average Bonchev–Trinajstić information content (AvgIpc) is 3.31. The van der Waals surface area contributed by atoms with Crippen LogP contribution in [0.2, 0.25) is 0 Å². The van der Waals surface area contributed by atoms with Crippen molar-refractivity contribution >= 4 is 5.69 Å². The lowest BCUT2D eigenvalue weighted by Crippen LogP contribution is -2.63. The largest absolute Gasteiger partial charge is 0.491 e. The number of nitrogens with two attached hydrogens (primary N) is 1. The van der Waals surface area contributed by atoms with Gasteiger partial charge in [-0.1, -0.05) is 40.5 Å². The lowest BCUT2D eigenvalue weighted by atomic mass is 9.42. The fourth-order valence-corrected chi connectivity index (χ4v) is 8.47. The third-order valence-corrected chi connectivity index (χ3v) is 10.2. The van der Waals surface area contributed by atoms with E-state index in [0.717, 1.165) is 25.2 Å². The Morgan fingerprint density at radius 1 is 1.06 bits per heavy atom. The van der Waals surface area contributed by atoms with Crippen LogP contribution in [0.25, 0.3) is 0 Å². The topological polar surface area (TPSA) is 66.6 Å². The van der Waals surface area contributed by atoms with E-state index in [0.29, 0.717) is 41.6 Å². The maximum atomic E-state index is 6.74. The predicted molar refractivity (Wildman–Crippen MR) is 131 cm³/mol. The Balaban J connectivity index is 1.31. The van der Waals surface area contributed by atoms with E-state index < -0.39 is 0 Å². The molecule has 1 unspecified atom stereocenters. The molecule has 4 aliphatic rings. The molecule has 4 fully saturated rings. The van der Waals surface area contributed by atoms with Crippen LogP contribution in [-0.4, -0.2) is 30.6 Å². The molecule has 2 N–H and O–H groups in total. The second-order valence-corrected chi connectivity index (χ2v) is 12.6. The van der Waals surface area contributed by atoms with Crippen molar-refractivity contribution in [2.75, 3.05) is 18.9 Å². The number of aromatic nitrogens is 1. The summed E-state index contributed by atoms with van der Waals surface area (Å²) in [6, 6.07) is 1.87. The van der Waals surface area contributed by atoms with Crippen molar-refractivity contribution < 1.29 is 14.2 Å². The second-order valence-electron chi connectivity index (χ2n) is 12.6. The lowest BCUT2D eigenvalue weighted by molar-refractivity contribution is -0.322. The van der Waals surface area contributed by atoms with Crippen LogP contribution in [0.15, 0.2) is 18.5 Å². The molecule has 184 valence electrons. The summed E-state index contributed by atoms with van der Waals surface area (Å²) in [5.74, 6) is 2.58. The van der Waals surface area contributed by atoms with Crippen LogP contribution in [0.5, 0.6) is 5.75 Å². The quantitative estimate of drug-likeness (QED) is 0.569. The standard InChI is InChI=1S/C28H44N2O3/c1-26(2)13-9-23-27(3,22(26)12-16-31-21-11-15-30-17-20(21)29)14-10-24-28(23,4)18-32-25(33-24)19-7-5-6-8-19/h11,15,17,19,22-25H,5-10,12-14,16,18,29H2,1-4H3/t22-,23?,24-,25-,27+,28+/m1/s1. The summed E-state index contributed by atoms with van der Waals surface area (Å²) < 4.78 is 19.4. The van der Waals surface area contributed by atoms with Gasteiger partial charge in [0.15, 0.2) is 6.29 Å². The highest BCUT2D eigenvalue weighted by Gasteiger charge is 2.62. The second kappa shape index (κ2) is 8.71. The van der Waals surface area contributed by atoms with E-state index in [9.17, 15) is 0 Å². The number of hydrogen-bond acceptors (Lipinski definition) is 5. The Morgan fingerprint density at radius 2 is 1.85 bits per heavy atom. The van der Waals surface area contributed by atoms with E-state index in [1.807, 2.05) is 6.07 Å². The molecule has 2 heterocycles.